The number of aromatic hydroxyl groups is 1. The van der Waals surface area contributed by atoms with E-state index < -0.39 is 0 Å². The summed E-state index contributed by atoms with van der Waals surface area (Å²) in [7, 11) is 0. The van der Waals surface area contributed by atoms with Crippen LogP contribution in [0.3, 0.4) is 0 Å². The van der Waals surface area contributed by atoms with Crippen LogP contribution >= 0.6 is 0 Å². The highest BCUT2D eigenvalue weighted by Crippen LogP contribution is 2.10. The van der Waals surface area contributed by atoms with E-state index in [0.29, 0.717) is 0 Å². The van der Waals surface area contributed by atoms with E-state index in [0.717, 1.165) is 5.56 Å². The van der Waals surface area contributed by atoms with Crippen LogP contribution in [0.5, 0.6) is 5.75 Å². The molecule has 0 unspecified atom stereocenters. The molecule has 0 atom stereocenters. The molecule has 1 N–H and O–H groups in total. The summed E-state index contributed by atoms with van der Waals surface area (Å²) in [5.41, 5.74) is 0.861. The first kappa shape index (κ1) is 8.95. The average Bonchev–Trinajstić information content (AvgIpc) is 2.00. The van der Waals surface area contributed by atoms with Gasteiger partial charge in [0.25, 0.3) is 0 Å². The van der Waals surface area contributed by atoms with E-state index in [-0.39, 0.29) is 5.75 Å². The van der Waals surface area contributed by atoms with Crippen LogP contribution in [0.25, 0.3) is 0 Å². The van der Waals surface area contributed by atoms with Crippen molar-refractivity contribution in [3.63, 3.8) is 0 Å². The van der Waals surface area contributed by atoms with Crippen LogP contribution in [0.1, 0.15) is 19.4 Å². The van der Waals surface area contributed by atoms with Crippen LogP contribution in [0.4, 0.5) is 0 Å². The number of hydrogen-bond donors (Lipinski definition) is 1. The zero-order valence-corrected chi connectivity index (χ0v) is 6.63. The third kappa shape index (κ3) is 2.49. The summed E-state index contributed by atoms with van der Waals surface area (Å²) in [6, 6.07) is 1.76. The SMILES string of the molecule is CC.Cc1ccncc1O. The van der Waals surface area contributed by atoms with Gasteiger partial charge in [-0.25, -0.2) is 0 Å². The molecule has 0 radical (unpaired) electrons. The summed E-state index contributed by atoms with van der Waals surface area (Å²) in [6.45, 7) is 5.83. The van der Waals surface area contributed by atoms with E-state index in [1.165, 1.54) is 6.20 Å². The quantitative estimate of drug-likeness (QED) is 0.597. The summed E-state index contributed by atoms with van der Waals surface area (Å²) >= 11 is 0. The molecular formula is C8H13NO. The number of hydrogen-bond acceptors (Lipinski definition) is 2. The van der Waals surface area contributed by atoms with Gasteiger partial charge in [-0.1, -0.05) is 13.8 Å². The standard InChI is InChI=1S/C6H7NO.C2H6/c1-5-2-3-7-4-6(5)8;1-2/h2-4,8H,1H3;1-2H3. The molecule has 0 fully saturated rings. The number of pyridine rings is 1. The van der Waals surface area contributed by atoms with Gasteiger partial charge in [-0.05, 0) is 18.6 Å². The highest BCUT2D eigenvalue weighted by Gasteiger charge is 1.88. The zero-order valence-electron chi connectivity index (χ0n) is 6.63. The Labute approximate surface area is 61.5 Å². The fourth-order valence-electron chi connectivity index (χ4n) is 0.456. The van der Waals surface area contributed by atoms with E-state index in [2.05, 4.69) is 4.98 Å². The number of nitrogens with zero attached hydrogens (tertiary/aromatic N) is 1. The lowest BCUT2D eigenvalue weighted by Gasteiger charge is -1.91. The summed E-state index contributed by atoms with van der Waals surface area (Å²) in [4.78, 5) is 3.70. The minimum Gasteiger partial charge on any atom is -0.506 e. The third-order valence-corrected chi connectivity index (χ3v) is 1.01. The van der Waals surface area contributed by atoms with Gasteiger partial charge in [-0.3, -0.25) is 4.98 Å². The summed E-state index contributed by atoms with van der Waals surface area (Å²) < 4.78 is 0. The van der Waals surface area contributed by atoms with Crippen molar-refractivity contribution in [1.29, 1.82) is 0 Å². The summed E-state index contributed by atoms with van der Waals surface area (Å²) in [5, 5.41) is 8.86. The molecule has 2 nitrogen and oxygen atoms in total. The number of aromatic nitrogens is 1. The maximum absolute atomic E-state index is 8.86. The van der Waals surface area contributed by atoms with Gasteiger partial charge in [0, 0.05) is 6.20 Å². The second-order valence-electron chi connectivity index (χ2n) is 1.66. The third-order valence-electron chi connectivity index (χ3n) is 1.01. The monoisotopic (exact) mass is 139 g/mol. The van der Waals surface area contributed by atoms with Crippen molar-refractivity contribution in [3.8, 4) is 5.75 Å². The van der Waals surface area contributed by atoms with E-state index in [1.807, 2.05) is 20.8 Å². The molecule has 0 aliphatic rings. The lowest BCUT2D eigenvalue weighted by atomic mass is 10.3. The molecule has 0 aliphatic carbocycles. The van der Waals surface area contributed by atoms with E-state index in [4.69, 9.17) is 5.11 Å². The predicted octanol–water partition coefficient (Wildman–Crippen LogP) is 2.12. The van der Waals surface area contributed by atoms with Crippen molar-refractivity contribution >= 4 is 0 Å². The first-order valence-electron chi connectivity index (χ1n) is 3.40. The number of aryl methyl sites for hydroxylation is 1. The summed E-state index contributed by atoms with van der Waals surface area (Å²) in [5.74, 6) is 0.257. The molecule has 0 aliphatic heterocycles. The molecule has 1 heterocycles. The van der Waals surface area contributed by atoms with Crippen LogP contribution in [0.15, 0.2) is 18.5 Å². The van der Waals surface area contributed by atoms with Crippen LogP contribution in [-0.4, -0.2) is 10.1 Å². The fraction of sp³-hybridized carbons (Fsp3) is 0.375. The highest BCUT2D eigenvalue weighted by atomic mass is 16.3. The lowest BCUT2D eigenvalue weighted by Crippen LogP contribution is -1.73. The molecule has 0 saturated carbocycles. The van der Waals surface area contributed by atoms with Crippen LogP contribution in [0.2, 0.25) is 0 Å². The fourth-order valence-corrected chi connectivity index (χ4v) is 0.456. The van der Waals surface area contributed by atoms with Gasteiger partial charge >= 0.3 is 0 Å². The Hall–Kier alpha value is -1.05. The molecule has 1 aromatic heterocycles. The molecule has 1 rings (SSSR count). The first-order chi connectivity index (χ1) is 4.80. The van der Waals surface area contributed by atoms with Gasteiger partial charge in [0.15, 0.2) is 0 Å². The highest BCUT2D eigenvalue weighted by molar-refractivity contribution is 5.25. The molecule has 0 aromatic carbocycles. The molecule has 56 valence electrons. The van der Waals surface area contributed by atoms with E-state index >= 15 is 0 Å². The van der Waals surface area contributed by atoms with Gasteiger partial charge in [0.2, 0.25) is 0 Å². The van der Waals surface area contributed by atoms with Gasteiger partial charge in [-0.2, -0.15) is 0 Å². The Kier molecular flexibility index (Phi) is 4.29. The van der Waals surface area contributed by atoms with Crippen LogP contribution in [0, 0.1) is 6.92 Å². The van der Waals surface area contributed by atoms with E-state index in [1.54, 1.807) is 12.3 Å². The second kappa shape index (κ2) is 4.79. The smallest absolute Gasteiger partial charge is 0.136 e. The van der Waals surface area contributed by atoms with Crippen LogP contribution < -0.4 is 0 Å². The Morgan fingerprint density at radius 1 is 1.40 bits per heavy atom. The normalized spacial score (nSPS) is 7.90. The molecule has 0 bridgehead atoms. The van der Waals surface area contributed by atoms with Crippen molar-refractivity contribution in [1.82, 2.24) is 4.98 Å². The molecule has 1 aromatic rings. The molecule has 0 spiro atoms. The Morgan fingerprint density at radius 2 is 2.00 bits per heavy atom. The second-order valence-corrected chi connectivity index (χ2v) is 1.66. The van der Waals surface area contributed by atoms with Gasteiger partial charge in [0.1, 0.15) is 5.75 Å². The maximum Gasteiger partial charge on any atom is 0.136 e. The van der Waals surface area contributed by atoms with Crippen molar-refractivity contribution in [2.24, 2.45) is 0 Å². The van der Waals surface area contributed by atoms with Crippen molar-refractivity contribution < 1.29 is 5.11 Å². The maximum atomic E-state index is 8.86. The van der Waals surface area contributed by atoms with Crippen molar-refractivity contribution in [2.75, 3.05) is 0 Å². The first-order valence-corrected chi connectivity index (χ1v) is 3.40. The Balaban J connectivity index is 0.000000371. The van der Waals surface area contributed by atoms with Gasteiger partial charge < -0.3 is 5.11 Å². The number of rotatable bonds is 0. The minimum atomic E-state index is 0.257. The Morgan fingerprint density at radius 3 is 2.30 bits per heavy atom. The average molecular weight is 139 g/mol. The van der Waals surface area contributed by atoms with E-state index in [9.17, 15) is 0 Å². The van der Waals surface area contributed by atoms with Crippen molar-refractivity contribution in [3.05, 3.63) is 24.0 Å². The largest absolute Gasteiger partial charge is 0.506 e. The Bertz CT molecular complexity index is 165. The zero-order chi connectivity index (χ0) is 7.98. The molecule has 10 heavy (non-hydrogen) atoms. The van der Waals surface area contributed by atoms with Crippen LogP contribution in [-0.2, 0) is 0 Å². The summed E-state index contributed by atoms with van der Waals surface area (Å²) in [6.07, 6.45) is 3.07. The molecule has 0 saturated heterocycles. The molecule has 2 heteroatoms. The molecule has 0 amide bonds. The predicted molar refractivity (Wildman–Crippen MR) is 42.0 cm³/mol. The molecular weight excluding hydrogens is 126 g/mol. The minimum absolute atomic E-state index is 0.257. The van der Waals surface area contributed by atoms with Gasteiger partial charge in [0.05, 0.1) is 6.20 Å². The topological polar surface area (TPSA) is 33.1 Å². The van der Waals surface area contributed by atoms with Crippen molar-refractivity contribution in [2.45, 2.75) is 20.8 Å². The lowest BCUT2D eigenvalue weighted by molar-refractivity contribution is 0.468. The van der Waals surface area contributed by atoms with Gasteiger partial charge in [-0.15, -0.1) is 0 Å².